The van der Waals surface area contributed by atoms with E-state index in [0.717, 1.165) is 51.4 Å². The van der Waals surface area contributed by atoms with Gasteiger partial charge in [0.2, 0.25) is 17.7 Å². The maximum atomic E-state index is 12.9. The summed E-state index contributed by atoms with van der Waals surface area (Å²) in [4.78, 5) is 72.1. The lowest BCUT2D eigenvalue weighted by Crippen LogP contribution is -2.44. The van der Waals surface area contributed by atoms with Crippen LogP contribution in [0, 0.1) is 0 Å². The Labute approximate surface area is 343 Å². The fraction of sp³-hybridized carbons (Fsp3) is 0.860. The highest BCUT2D eigenvalue weighted by Crippen LogP contribution is 2.16. The minimum atomic E-state index is -0.919. The molecule has 0 spiro atoms. The van der Waals surface area contributed by atoms with Crippen LogP contribution in [0.1, 0.15) is 176 Å². The van der Waals surface area contributed by atoms with E-state index in [-0.39, 0.29) is 69.5 Å². The van der Waals surface area contributed by atoms with Crippen LogP contribution in [-0.4, -0.2) is 98.7 Å². The first-order valence-electron chi connectivity index (χ1n) is 21.7. The van der Waals surface area contributed by atoms with Crippen LogP contribution in [0.3, 0.4) is 0 Å². The molecule has 0 saturated carbocycles. The lowest BCUT2D eigenvalue weighted by molar-refractivity contribution is -0.159. The summed E-state index contributed by atoms with van der Waals surface area (Å²) in [6.45, 7) is 12.4. The minimum absolute atomic E-state index is 0.0314. The molecule has 0 aromatic heterocycles. The molecule has 3 amide bonds. The Balaban J connectivity index is 4.03. The van der Waals surface area contributed by atoms with Gasteiger partial charge >= 0.3 is 11.9 Å². The van der Waals surface area contributed by atoms with Crippen LogP contribution in [0.25, 0.3) is 0 Å². The van der Waals surface area contributed by atoms with Gasteiger partial charge < -0.3 is 45.4 Å². The molecule has 5 N–H and O–H groups in total. The molecule has 0 aliphatic heterocycles. The fourth-order valence-electron chi connectivity index (χ4n) is 5.82. The zero-order valence-corrected chi connectivity index (χ0v) is 36.5. The average Bonchev–Trinajstić information content (AvgIpc) is 3.12. The highest BCUT2D eigenvalue weighted by atomic mass is 16.6. The van der Waals surface area contributed by atoms with Crippen molar-refractivity contribution >= 4 is 35.9 Å². The molecule has 0 bridgehead atoms. The second-order valence-corrected chi connectivity index (χ2v) is 16.9. The monoisotopic (exact) mass is 813 g/mol. The van der Waals surface area contributed by atoms with Gasteiger partial charge in [0, 0.05) is 32.4 Å². The summed E-state index contributed by atoms with van der Waals surface area (Å²) in [6, 6.07) is -1.38. The summed E-state index contributed by atoms with van der Waals surface area (Å²) < 4.78 is 21.6. The quantitative estimate of drug-likeness (QED) is 0.0322. The normalized spacial score (nSPS) is 12.7. The fourth-order valence-corrected chi connectivity index (χ4v) is 5.82. The van der Waals surface area contributed by atoms with E-state index in [9.17, 15) is 28.8 Å². The second kappa shape index (κ2) is 33.8. The molecule has 0 aliphatic carbocycles. The zero-order chi connectivity index (χ0) is 42.8. The topological polar surface area (TPSA) is 201 Å². The van der Waals surface area contributed by atoms with Crippen molar-refractivity contribution in [2.24, 2.45) is 5.73 Å². The van der Waals surface area contributed by atoms with Crippen LogP contribution < -0.4 is 21.7 Å². The average molecular weight is 813 g/mol. The first kappa shape index (κ1) is 53.9. The van der Waals surface area contributed by atoms with Gasteiger partial charge in [0.25, 0.3) is 0 Å². The molecule has 0 aromatic rings. The van der Waals surface area contributed by atoms with E-state index in [1.165, 1.54) is 51.4 Å². The smallest absolute Gasteiger partial charge is 0.329 e. The zero-order valence-electron chi connectivity index (χ0n) is 36.5. The molecule has 0 heterocycles. The number of carbonyl (C=O) groups excluding carboxylic acids is 6. The maximum Gasteiger partial charge on any atom is 0.329 e. The number of rotatable bonds is 36. The number of unbranched alkanes of at least 4 members (excludes halogenated alkanes) is 14. The number of ether oxygens (including phenoxy) is 4. The molecule has 14 nitrogen and oxygen atoms in total. The molecule has 0 fully saturated rings. The molecular weight excluding hydrogens is 732 g/mol. The molecule has 0 radical (unpaired) electrons. The molecule has 0 rings (SSSR count). The number of nitrogens with one attached hydrogen (secondary N) is 3. The van der Waals surface area contributed by atoms with E-state index in [1.54, 1.807) is 20.8 Å². The van der Waals surface area contributed by atoms with Crippen molar-refractivity contribution in [3.05, 3.63) is 0 Å². The highest BCUT2D eigenvalue weighted by Gasteiger charge is 2.27. The Morgan fingerprint density at radius 2 is 1.05 bits per heavy atom. The number of amides is 3. The first-order valence-corrected chi connectivity index (χ1v) is 21.7. The lowest BCUT2D eigenvalue weighted by atomic mass is 10.0. The Kier molecular flexibility index (Phi) is 32.0. The third kappa shape index (κ3) is 38.2. The SMILES string of the molecule is CC(C)(C)OC(=O)CCCCCCCCCCCCCCCCC(=O)NC(CCC(=O)NCCOCCOCC(=O)NCCCC[C@H](N)C=O)C(=O)OC(C)(C)C. The van der Waals surface area contributed by atoms with Gasteiger partial charge in [0.05, 0.1) is 25.9 Å². The molecule has 0 aromatic carbocycles. The van der Waals surface area contributed by atoms with E-state index in [4.69, 9.17) is 24.7 Å². The van der Waals surface area contributed by atoms with Gasteiger partial charge in [-0.15, -0.1) is 0 Å². The molecule has 14 heteroatoms. The Bertz CT molecular complexity index is 1110. The summed E-state index contributed by atoms with van der Waals surface area (Å²) in [5.41, 5.74) is 4.40. The molecule has 2 atom stereocenters. The predicted octanol–water partition coefficient (Wildman–Crippen LogP) is 6.14. The second-order valence-electron chi connectivity index (χ2n) is 16.9. The predicted molar refractivity (Wildman–Crippen MR) is 222 cm³/mol. The van der Waals surface area contributed by atoms with Crippen molar-refractivity contribution in [1.82, 2.24) is 16.0 Å². The maximum absolute atomic E-state index is 12.9. The van der Waals surface area contributed by atoms with Crippen molar-refractivity contribution in [2.45, 2.75) is 200 Å². The van der Waals surface area contributed by atoms with Gasteiger partial charge in [-0.05, 0) is 80.1 Å². The third-order valence-electron chi connectivity index (χ3n) is 8.78. The van der Waals surface area contributed by atoms with E-state index < -0.39 is 29.3 Å². The van der Waals surface area contributed by atoms with Crippen molar-refractivity contribution in [2.75, 3.05) is 39.5 Å². The summed E-state index contributed by atoms with van der Waals surface area (Å²) in [5.74, 6) is -1.39. The molecule has 1 unspecified atom stereocenters. The van der Waals surface area contributed by atoms with Gasteiger partial charge in [-0.3, -0.25) is 19.2 Å². The molecule has 332 valence electrons. The van der Waals surface area contributed by atoms with Gasteiger partial charge in [-0.2, -0.15) is 0 Å². The Hall–Kier alpha value is -3.10. The van der Waals surface area contributed by atoms with Crippen molar-refractivity contribution in [3.8, 4) is 0 Å². The largest absolute Gasteiger partial charge is 0.460 e. The lowest BCUT2D eigenvalue weighted by Gasteiger charge is -2.24. The summed E-state index contributed by atoms with van der Waals surface area (Å²) in [6.07, 6.45) is 19.5. The number of esters is 2. The van der Waals surface area contributed by atoms with E-state index in [0.29, 0.717) is 32.1 Å². The molecular formula is C43H80N4O10. The molecule has 0 aliphatic rings. The number of carbonyl (C=O) groups is 6. The van der Waals surface area contributed by atoms with Gasteiger partial charge in [-0.1, -0.05) is 77.0 Å². The van der Waals surface area contributed by atoms with Crippen molar-refractivity contribution in [1.29, 1.82) is 0 Å². The summed E-state index contributed by atoms with van der Waals surface area (Å²) in [5, 5.41) is 8.28. The molecule has 0 saturated heterocycles. The first-order chi connectivity index (χ1) is 27.0. The number of nitrogens with two attached hydrogens (primary N) is 1. The van der Waals surface area contributed by atoms with Gasteiger partial charge in [0.1, 0.15) is 30.1 Å². The Morgan fingerprint density at radius 3 is 1.60 bits per heavy atom. The minimum Gasteiger partial charge on any atom is -0.460 e. The van der Waals surface area contributed by atoms with Crippen LogP contribution in [-0.2, 0) is 47.7 Å². The van der Waals surface area contributed by atoms with Crippen molar-refractivity contribution < 1.29 is 47.7 Å². The van der Waals surface area contributed by atoms with Gasteiger partial charge in [0.15, 0.2) is 0 Å². The Morgan fingerprint density at radius 1 is 0.544 bits per heavy atom. The van der Waals surface area contributed by atoms with E-state index in [1.807, 2.05) is 20.8 Å². The standard InChI is InChI=1S/C43H80N4O10/c1-42(2,3)56-40(52)25-20-18-16-14-12-10-8-7-9-11-13-15-17-19-24-38(50)47-36(41(53)57-43(4,5)6)26-27-37(49)46-29-30-54-31-32-55-34-39(51)45-28-22-21-23-35(44)33-48/h33,35-36H,7-32,34,44H2,1-6H3,(H,45,51)(H,46,49)(H,47,50)/t35-,36?/m0/s1. The third-order valence-corrected chi connectivity index (χ3v) is 8.78. The van der Waals surface area contributed by atoms with Crippen LogP contribution in [0.4, 0.5) is 0 Å². The van der Waals surface area contributed by atoms with Crippen LogP contribution in [0.2, 0.25) is 0 Å². The van der Waals surface area contributed by atoms with Crippen LogP contribution in [0.15, 0.2) is 0 Å². The van der Waals surface area contributed by atoms with Crippen LogP contribution in [0.5, 0.6) is 0 Å². The van der Waals surface area contributed by atoms with Crippen molar-refractivity contribution in [3.63, 3.8) is 0 Å². The number of hydrogen-bond donors (Lipinski definition) is 4. The van der Waals surface area contributed by atoms with Crippen LogP contribution >= 0.6 is 0 Å². The van der Waals surface area contributed by atoms with E-state index in [2.05, 4.69) is 16.0 Å². The highest BCUT2D eigenvalue weighted by molar-refractivity contribution is 5.85. The van der Waals surface area contributed by atoms with E-state index >= 15 is 0 Å². The number of aldehydes is 1. The molecule has 57 heavy (non-hydrogen) atoms. The summed E-state index contributed by atoms with van der Waals surface area (Å²) in [7, 11) is 0. The summed E-state index contributed by atoms with van der Waals surface area (Å²) >= 11 is 0. The van der Waals surface area contributed by atoms with Gasteiger partial charge in [-0.25, -0.2) is 4.79 Å². The number of hydrogen-bond acceptors (Lipinski definition) is 11.